The highest BCUT2D eigenvalue weighted by molar-refractivity contribution is 8.00. The SMILES string of the molecule is N/C=C\C(=C/N)NC(=O)N1CCC(C(F)(F)Sc2cnn3ccccc23)CC1. The number of fused-ring (bicyclic) bond motifs is 1. The summed E-state index contributed by atoms with van der Waals surface area (Å²) in [6.45, 7) is 0.483. The van der Waals surface area contributed by atoms with Crippen LogP contribution in [0.1, 0.15) is 12.8 Å². The van der Waals surface area contributed by atoms with Gasteiger partial charge in [-0.2, -0.15) is 13.9 Å². The Kier molecular flexibility index (Phi) is 6.08. The number of nitrogens with two attached hydrogens (primary N) is 2. The summed E-state index contributed by atoms with van der Waals surface area (Å²) in [5.74, 6) is -0.825. The fraction of sp³-hybridized carbons (Fsp3) is 0.333. The van der Waals surface area contributed by atoms with Crippen LogP contribution in [0.3, 0.4) is 0 Å². The van der Waals surface area contributed by atoms with Crippen LogP contribution in [0.2, 0.25) is 0 Å². The van der Waals surface area contributed by atoms with Crippen LogP contribution < -0.4 is 16.8 Å². The second-order valence-electron chi connectivity index (χ2n) is 6.38. The highest BCUT2D eigenvalue weighted by atomic mass is 32.2. The number of hydrogen-bond donors (Lipinski definition) is 3. The zero-order chi connectivity index (χ0) is 20.1. The number of alkyl halides is 2. The molecule has 10 heteroatoms. The molecule has 0 bridgehead atoms. The van der Waals surface area contributed by atoms with E-state index in [-0.39, 0.29) is 32.0 Å². The lowest BCUT2D eigenvalue weighted by molar-refractivity contribution is 0.00938. The van der Waals surface area contributed by atoms with Gasteiger partial charge in [0.05, 0.1) is 22.3 Å². The van der Waals surface area contributed by atoms with Crippen LogP contribution >= 0.6 is 11.8 Å². The maximum atomic E-state index is 14.9. The van der Waals surface area contributed by atoms with E-state index in [1.165, 1.54) is 29.6 Å². The summed E-state index contributed by atoms with van der Waals surface area (Å²) < 4.78 is 31.3. The van der Waals surface area contributed by atoms with E-state index in [1.54, 1.807) is 28.9 Å². The first-order valence-electron chi connectivity index (χ1n) is 8.80. The summed E-state index contributed by atoms with van der Waals surface area (Å²) >= 11 is 0.535. The quantitative estimate of drug-likeness (QED) is 0.522. The molecule has 2 amide bonds. The Labute approximate surface area is 165 Å². The second kappa shape index (κ2) is 8.51. The van der Waals surface area contributed by atoms with E-state index in [9.17, 15) is 13.6 Å². The highest BCUT2D eigenvalue weighted by Gasteiger charge is 2.43. The van der Waals surface area contributed by atoms with Crippen molar-refractivity contribution < 1.29 is 13.6 Å². The number of piperidine rings is 1. The minimum atomic E-state index is -2.95. The lowest BCUT2D eigenvalue weighted by Crippen LogP contribution is -2.46. The van der Waals surface area contributed by atoms with Crippen LogP contribution in [0.4, 0.5) is 13.6 Å². The van der Waals surface area contributed by atoms with Crippen molar-refractivity contribution in [2.24, 2.45) is 17.4 Å². The fourth-order valence-corrected chi connectivity index (χ4v) is 4.14. The number of amides is 2. The Balaban J connectivity index is 1.59. The zero-order valence-electron chi connectivity index (χ0n) is 15.1. The number of carbonyl (C=O) groups excluding carboxylic acids is 1. The minimum Gasteiger partial charge on any atom is -0.405 e. The van der Waals surface area contributed by atoms with E-state index in [0.717, 1.165) is 0 Å². The molecule has 1 aliphatic heterocycles. The van der Waals surface area contributed by atoms with Crippen LogP contribution in [0.5, 0.6) is 0 Å². The van der Waals surface area contributed by atoms with Gasteiger partial charge in [-0.25, -0.2) is 9.31 Å². The number of carbonyl (C=O) groups is 1. The van der Waals surface area contributed by atoms with Gasteiger partial charge in [-0.3, -0.25) is 0 Å². The van der Waals surface area contributed by atoms with Gasteiger partial charge in [-0.1, -0.05) is 6.07 Å². The van der Waals surface area contributed by atoms with Crippen LogP contribution in [-0.2, 0) is 0 Å². The molecule has 5 N–H and O–H groups in total. The van der Waals surface area contributed by atoms with Gasteiger partial charge >= 0.3 is 11.3 Å². The van der Waals surface area contributed by atoms with E-state index >= 15 is 0 Å². The van der Waals surface area contributed by atoms with Crippen molar-refractivity contribution in [3.8, 4) is 0 Å². The standard InChI is InChI=1S/C18H22F2N6OS/c19-18(20,28-16-12-23-26-8-2-1-3-15(16)26)13-5-9-25(10-6-13)17(27)24-14(11-22)4-7-21/h1-4,7-8,11-13H,5-6,9-10,21-22H2,(H,24,27)/b7-4-,14-11+. The van der Waals surface area contributed by atoms with Gasteiger partial charge in [-0.05, 0) is 49.0 Å². The fourth-order valence-electron chi connectivity index (χ4n) is 3.08. The molecule has 0 saturated carbocycles. The van der Waals surface area contributed by atoms with Gasteiger partial charge in [-0.15, -0.1) is 0 Å². The lowest BCUT2D eigenvalue weighted by atomic mass is 9.97. The Bertz CT molecular complexity index is 889. The molecule has 2 aromatic heterocycles. The van der Waals surface area contributed by atoms with Crippen molar-refractivity contribution >= 4 is 23.3 Å². The summed E-state index contributed by atoms with van der Waals surface area (Å²) in [4.78, 5) is 14.2. The number of likely N-dealkylation sites (tertiary alicyclic amines) is 1. The molecule has 0 aromatic carbocycles. The summed E-state index contributed by atoms with van der Waals surface area (Å²) in [5.41, 5.74) is 11.7. The van der Waals surface area contributed by atoms with Crippen molar-refractivity contribution in [1.82, 2.24) is 19.8 Å². The number of hydrogen-bond acceptors (Lipinski definition) is 5. The molecule has 1 aliphatic rings. The third kappa shape index (κ3) is 4.38. The number of allylic oxidation sites excluding steroid dienone is 1. The third-order valence-corrected chi connectivity index (χ3v) is 5.74. The number of nitrogens with one attached hydrogen (secondary N) is 1. The van der Waals surface area contributed by atoms with Gasteiger partial charge in [0.15, 0.2) is 0 Å². The molecule has 7 nitrogen and oxygen atoms in total. The first-order valence-corrected chi connectivity index (χ1v) is 9.61. The van der Waals surface area contributed by atoms with E-state index < -0.39 is 11.2 Å². The van der Waals surface area contributed by atoms with E-state index in [0.29, 0.717) is 27.9 Å². The van der Waals surface area contributed by atoms with Crippen molar-refractivity contribution in [2.75, 3.05) is 13.1 Å². The average molecular weight is 408 g/mol. The number of nitrogens with zero attached hydrogens (tertiary/aromatic N) is 3. The second-order valence-corrected chi connectivity index (χ2v) is 7.56. The minimum absolute atomic E-state index is 0.209. The molecule has 3 rings (SSSR count). The molecular weight excluding hydrogens is 386 g/mol. The molecule has 2 aromatic rings. The Morgan fingerprint density at radius 2 is 2.07 bits per heavy atom. The number of thioether (sulfide) groups is 1. The monoisotopic (exact) mass is 408 g/mol. The molecule has 3 heterocycles. The molecule has 28 heavy (non-hydrogen) atoms. The molecule has 0 aliphatic carbocycles. The van der Waals surface area contributed by atoms with Gasteiger partial charge in [0.2, 0.25) is 0 Å². The van der Waals surface area contributed by atoms with Gasteiger partial charge in [0.1, 0.15) is 0 Å². The largest absolute Gasteiger partial charge is 0.405 e. The molecule has 0 radical (unpaired) electrons. The Morgan fingerprint density at radius 3 is 2.75 bits per heavy atom. The molecular formula is C18H22F2N6OS. The van der Waals surface area contributed by atoms with Crippen LogP contribution in [-0.4, -0.2) is 38.9 Å². The van der Waals surface area contributed by atoms with Gasteiger partial charge < -0.3 is 21.7 Å². The van der Waals surface area contributed by atoms with E-state index in [2.05, 4.69) is 10.4 Å². The summed E-state index contributed by atoms with van der Waals surface area (Å²) in [6.07, 6.45) is 7.52. The molecule has 0 atom stereocenters. The molecule has 0 spiro atoms. The van der Waals surface area contributed by atoms with E-state index in [1.807, 2.05) is 0 Å². The molecule has 1 fully saturated rings. The molecule has 150 valence electrons. The number of pyridine rings is 1. The number of urea groups is 1. The third-order valence-electron chi connectivity index (χ3n) is 4.60. The first-order chi connectivity index (χ1) is 13.4. The average Bonchev–Trinajstić information content (AvgIpc) is 3.10. The normalized spacial score (nSPS) is 16.8. The number of aromatic nitrogens is 2. The van der Waals surface area contributed by atoms with Crippen molar-refractivity contribution in [3.63, 3.8) is 0 Å². The van der Waals surface area contributed by atoms with Crippen molar-refractivity contribution in [3.05, 3.63) is 54.8 Å². The predicted molar refractivity (Wildman–Crippen MR) is 104 cm³/mol. The maximum absolute atomic E-state index is 14.9. The van der Waals surface area contributed by atoms with Gasteiger partial charge in [0.25, 0.3) is 0 Å². The molecule has 1 saturated heterocycles. The smallest absolute Gasteiger partial charge is 0.321 e. The zero-order valence-corrected chi connectivity index (χ0v) is 15.9. The highest BCUT2D eigenvalue weighted by Crippen LogP contribution is 2.46. The predicted octanol–water partition coefficient (Wildman–Crippen LogP) is 2.71. The number of halogens is 2. The van der Waals surface area contributed by atoms with Crippen molar-refractivity contribution in [1.29, 1.82) is 0 Å². The topological polar surface area (TPSA) is 102 Å². The van der Waals surface area contributed by atoms with Gasteiger partial charge in [0, 0.05) is 31.4 Å². The Hall–Kier alpha value is -2.75. The van der Waals surface area contributed by atoms with Crippen LogP contribution in [0.25, 0.3) is 5.52 Å². The Morgan fingerprint density at radius 1 is 1.32 bits per heavy atom. The number of rotatable bonds is 5. The molecule has 0 unspecified atom stereocenters. The van der Waals surface area contributed by atoms with Crippen LogP contribution in [0, 0.1) is 5.92 Å². The van der Waals surface area contributed by atoms with Crippen molar-refractivity contribution in [2.45, 2.75) is 23.0 Å². The maximum Gasteiger partial charge on any atom is 0.321 e. The first kappa shape index (κ1) is 20.0. The summed E-state index contributed by atoms with van der Waals surface area (Å²) in [7, 11) is 0. The summed E-state index contributed by atoms with van der Waals surface area (Å²) in [6, 6.07) is 4.96. The van der Waals surface area contributed by atoms with E-state index in [4.69, 9.17) is 11.5 Å². The van der Waals surface area contributed by atoms with Crippen LogP contribution in [0.15, 0.2) is 59.7 Å². The summed E-state index contributed by atoms with van der Waals surface area (Å²) in [5, 5.41) is 3.75. The lowest BCUT2D eigenvalue weighted by Gasteiger charge is -2.35.